The Morgan fingerprint density at radius 3 is 2.41 bits per heavy atom. The topological polar surface area (TPSA) is 32.3 Å². The number of hydrogen-bond acceptors (Lipinski definition) is 2. The second kappa shape index (κ2) is 4.88. The minimum Gasteiger partial charge on any atom is -0.341 e. The molecule has 2 heterocycles. The second-order valence-corrected chi connectivity index (χ2v) is 5.20. The van der Waals surface area contributed by atoms with Crippen LogP contribution in [-0.2, 0) is 4.79 Å². The molecule has 0 bridgehead atoms. The van der Waals surface area contributed by atoms with Gasteiger partial charge >= 0.3 is 0 Å². The molecule has 2 aliphatic heterocycles. The molecule has 2 rings (SSSR count). The maximum Gasteiger partial charge on any atom is 0.248 e. The molecular weight excluding hydrogens is 226 g/mol. The zero-order chi connectivity index (χ0) is 12.5. The van der Waals surface area contributed by atoms with E-state index in [1.54, 1.807) is 4.90 Å². The summed E-state index contributed by atoms with van der Waals surface area (Å²) in [5, 5.41) is 3.16. The van der Waals surface area contributed by atoms with Gasteiger partial charge in [0.05, 0.1) is 6.04 Å². The molecule has 2 fully saturated rings. The molecule has 0 unspecified atom stereocenters. The third-order valence-corrected chi connectivity index (χ3v) is 3.88. The summed E-state index contributed by atoms with van der Waals surface area (Å²) >= 11 is 0. The van der Waals surface area contributed by atoms with Crippen LogP contribution in [0.3, 0.4) is 0 Å². The van der Waals surface area contributed by atoms with E-state index >= 15 is 0 Å². The van der Waals surface area contributed by atoms with Gasteiger partial charge in [-0.1, -0.05) is 0 Å². The van der Waals surface area contributed by atoms with Gasteiger partial charge in [-0.15, -0.1) is 0 Å². The molecule has 0 aromatic rings. The largest absolute Gasteiger partial charge is 0.341 e. The molecule has 98 valence electrons. The highest BCUT2D eigenvalue weighted by molar-refractivity contribution is 5.82. The number of likely N-dealkylation sites (tertiary alicyclic amines) is 1. The average Bonchev–Trinajstić information content (AvgIpc) is 2.80. The lowest BCUT2D eigenvalue weighted by molar-refractivity contribution is -0.137. The highest BCUT2D eigenvalue weighted by atomic mass is 19.3. The van der Waals surface area contributed by atoms with E-state index in [1.165, 1.54) is 0 Å². The molecule has 1 N–H and O–H groups in total. The van der Waals surface area contributed by atoms with Crippen LogP contribution < -0.4 is 5.32 Å². The van der Waals surface area contributed by atoms with E-state index in [4.69, 9.17) is 0 Å². The summed E-state index contributed by atoms with van der Waals surface area (Å²) in [6, 6.07) is -0.0753. The van der Waals surface area contributed by atoms with Gasteiger partial charge in [0.25, 0.3) is 0 Å². The Balaban J connectivity index is 1.84. The Morgan fingerprint density at radius 2 is 1.94 bits per heavy atom. The molecular formula is C12H20F2N2O. The predicted octanol–water partition coefficient (Wildman–Crippen LogP) is 1.63. The Hall–Kier alpha value is -0.710. The first-order chi connectivity index (χ1) is 7.98. The van der Waals surface area contributed by atoms with Crippen molar-refractivity contribution in [2.24, 2.45) is 5.92 Å². The van der Waals surface area contributed by atoms with Gasteiger partial charge in [0.1, 0.15) is 0 Å². The number of piperidine rings is 1. The van der Waals surface area contributed by atoms with Crippen LogP contribution in [0.15, 0.2) is 0 Å². The molecule has 0 spiro atoms. The highest BCUT2D eigenvalue weighted by Gasteiger charge is 2.38. The lowest BCUT2D eigenvalue weighted by Gasteiger charge is -2.35. The van der Waals surface area contributed by atoms with Crippen LogP contribution in [0.5, 0.6) is 0 Å². The third kappa shape index (κ3) is 2.94. The Labute approximate surface area is 101 Å². The van der Waals surface area contributed by atoms with Gasteiger partial charge in [-0.05, 0) is 39.2 Å². The third-order valence-electron chi connectivity index (χ3n) is 3.88. The summed E-state index contributed by atoms with van der Waals surface area (Å²) < 4.78 is 26.2. The van der Waals surface area contributed by atoms with Crippen molar-refractivity contribution in [1.82, 2.24) is 10.2 Å². The van der Waals surface area contributed by atoms with E-state index in [1.807, 2.05) is 0 Å². The molecule has 2 saturated heterocycles. The molecule has 1 amide bonds. The molecule has 0 aromatic heterocycles. The normalized spacial score (nSPS) is 27.5. The fraction of sp³-hybridized carbons (Fsp3) is 0.917. The monoisotopic (exact) mass is 246 g/mol. The molecule has 3 nitrogen and oxygen atoms in total. The first-order valence-corrected chi connectivity index (χ1v) is 6.38. The van der Waals surface area contributed by atoms with E-state index in [0.717, 1.165) is 26.3 Å². The molecule has 17 heavy (non-hydrogen) atoms. The quantitative estimate of drug-likeness (QED) is 0.803. The number of carbonyl (C=O) groups excluding carboxylic acids is 1. The lowest BCUT2D eigenvalue weighted by Crippen LogP contribution is -2.48. The van der Waals surface area contributed by atoms with Gasteiger partial charge in [0, 0.05) is 19.0 Å². The van der Waals surface area contributed by atoms with Crippen molar-refractivity contribution in [2.75, 3.05) is 19.6 Å². The number of nitrogens with one attached hydrogen (secondary N) is 1. The zero-order valence-corrected chi connectivity index (χ0v) is 10.2. The standard InChI is InChI=1S/C12H20F2N2O/c1-12(13,14)9-4-7-16(8-5-9)11(17)10-3-2-6-15-10/h9-10,15H,2-8H2,1H3/t10-/m1/s1. The van der Waals surface area contributed by atoms with Gasteiger partial charge in [0.15, 0.2) is 0 Å². The van der Waals surface area contributed by atoms with E-state index in [2.05, 4.69) is 5.32 Å². The van der Waals surface area contributed by atoms with Crippen LogP contribution in [0.25, 0.3) is 0 Å². The summed E-state index contributed by atoms with van der Waals surface area (Å²) in [7, 11) is 0. The molecule has 0 radical (unpaired) electrons. The Morgan fingerprint density at radius 1 is 1.29 bits per heavy atom. The second-order valence-electron chi connectivity index (χ2n) is 5.20. The molecule has 0 saturated carbocycles. The number of nitrogens with zero attached hydrogens (tertiary/aromatic N) is 1. The van der Waals surface area contributed by atoms with Crippen molar-refractivity contribution in [3.63, 3.8) is 0 Å². The summed E-state index contributed by atoms with van der Waals surface area (Å²) in [5.74, 6) is -3.08. The highest BCUT2D eigenvalue weighted by Crippen LogP contribution is 2.32. The molecule has 5 heteroatoms. The first kappa shape index (κ1) is 12.7. The van der Waals surface area contributed by atoms with Gasteiger partial charge in [-0.3, -0.25) is 4.79 Å². The van der Waals surface area contributed by atoms with Crippen molar-refractivity contribution < 1.29 is 13.6 Å². The van der Waals surface area contributed by atoms with E-state index < -0.39 is 11.8 Å². The van der Waals surface area contributed by atoms with Crippen LogP contribution in [0.1, 0.15) is 32.6 Å². The summed E-state index contributed by atoms with van der Waals surface area (Å²) in [5.41, 5.74) is 0. The van der Waals surface area contributed by atoms with Crippen LogP contribution in [0.2, 0.25) is 0 Å². The number of carbonyl (C=O) groups is 1. The molecule has 1 atom stereocenters. The average molecular weight is 246 g/mol. The van der Waals surface area contributed by atoms with E-state index in [0.29, 0.717) is 25.9 Å². The number of amides is 1. The van der Waals surface area contributed by atoms with Crippen molar-refractivity contribution in [3.8, 4) is 0 Å². The van der Waals surface area contributed by atoms with Crippen molar-refractivity contribution in [1.29, 1.82) is 0 Å². The van der Waals surface area contributed by atoms with Crippen molar-refractivity contribution in [2.45, 2.75) is 44.6 Å². The SMILES string of the molecule is CC(F)(F)C1CCN(C(=O)[C@H]2CCCN2)CC1. The van der Waals surface area contributed by atoms with Crippen molar-refractivity contribution >= 4 is 5.91 Å². The van der Waals surface area contributed by atoms with Gasteiger partial charge < -0.3 is 10.2 Å². The molecule has 0 aliphatic carbocycles. The first-order valence-electron chi connectivity index (χ1n) is 6.38. The van der Waals surface area contributed by atoms with Gasteiger partial charge in [-0.25, -0.2) is 8.78 Å². The molecule has 0 aromatic carbocycles. The fourth-order valence-electron chi connectivity index (χ4n) is 2.72. The lowest BCUT2D eigenvalue weighted by atomic mass is 9.91. The van der Waals surface area contributed by atoms with Gasteiger partial charge in [-0.2, -0.15) is 0 Å². The Kier molecular flexibility index (Phi) is 3.66. The number of alkyl halides is 2. The van der Waals surface area contributed by atoms with Crippen LogP contribution in [0, 0.1) is 5.92 Å². The minimum atomic E-state index is -2.61. The fourth-order valence-corrected chi connectivity index (χ4v) is 2.72. The summed E-state index contributed by atoms with van der Waals surface area (Å²) in [6.45, 7) is 2.82. The zero-order valence-electron chi connectivity index (χ0n) is 10.2. The van der Waals surface area contributed by atoms with Gasteiger partial charge in [0.2, 0.25) is 11.8 Å². The van der Waals surface area contributed by atoms with Crippen LogP contribution in [-0.4, -0.2) is 42.4 Å². The predicted molar refractivity (Wildman–Crippen MR) is 60.9 cm³/mol. The minimum absolute atomic E-state index is 0.0753. The number of hydrogen-bond donors (Lipinski definition) is 1. The van der Waals surface area contributed by atoms with Crippen LogP contribution >= 0.6 is 0 Å². The van der Waals surface area contributed by atoms with Crippen molar-refractivity contribution in [3.05, 3.63) is 0 Å². The van der Waals surface area contributed by atoms with E-state index in [-0.39, 0.29) is 11.9 Å². The van der Waals surface area contributed by atoms with E-state index in [9.17, 15) is 13.6 Å². The maximum atomic E-state index is 13.1. The smallest absolute Gasteiger partial charge is 0.248 e. The molecule has 2 aliphatic rings. The number of rotatable bonds is 2. The Bertz CT molecular complexity index is 277. The van der Waals surface area contributed by atoms with Crippen LogP contribution in [0.4, 0.5) is 8.78 Å². The number of halogens is 2. The summed E-state index contributed by atoms with van der Waals surface area (Å²) in [6.07, 6.45) is 2.74. The summed E-state index contributed by atoms with van der Waals surface area (Å²) in [4.78, 5) is 13.8. The maximum absolute atomic E-state index is 13.1.